The predicted molar refractivity (Wildman–Crippen MR) is 142 cm³/mol. The number of nitrogens with zero attached hydrogens (tertiary/aromatic N) is 3. The number of benzene rings is 3. The molecule has 3 aromatic carbocycles. The van der Waals surface area contributed by atoms with Crippen LogP contribution in [-0.4, -0.2) is 23.0 Å². The van der Waals surface area contributed by atoms with Crippen LogP contribution in [0.5, 0.6) is 0 Å². The van der Waals surface area contributed by atoms with Crippen LogP contribution in [0.3, 0.4) is 0 Å². The second kappa shape index (κ2) is 9.91. The molecule has 0 radical (unpaired) electrons. The second-order valence-corrected chi connectivity index (χ2v) is 10.8. The van der Waals surface area contributed by atoms with Crippen molar-refractivity contribution < 1.29 is 17.2 Å². The lowest BCUT2D eigenvalue weighted by Crippen LogP contribution is -2.14. The first-order valence-electron chi connectivity index (χ1n) is 11.1. The summed E-state index contributed by atoms with van der Waals surface area (Å²) in [4.78, 5) is 4.39. The third kappa shape index (κ3) is 5.18. The normalized spacial score (nSPS) is 11.6. The molecule has 2 heterocycles. The predicted octanol–water partition coefficient (Wildman–Crippen LogP) is 6.16. The highest BCUT2D eigenvalue weighted by Crippen LogP contribution is 2.28. The standard InChI is InChI=1S/C26H20BrF2N5O2S/c1-16-5-2-3-8-20(16)24-13-25(34-26(32-24)21(27)15-31-34)30-14-17-6-4-7-18(11-17)33-37(35,36)19-9-10-22(28)23(29)12-19/h2-13,15,30,33H,14H2,1H3. The van der Waals surface area contributed by atoms with Gasteiger partial charge in [0.15, 0.2) is 17.3 Å². The fourth-order valence-corrected chi connectivity index (χ4v) is 5.26. The average molecular weight is 584 g/mol. The highest BCUT2D eigenvalue weighted by Gasteiger charge is 2.17. The van der Waals surface area contributed by atoms with Gasteiger partial charge < -0.3 is 5.32 Å². The van der Waals surface area contributed by atoms with E-state index in [1.54, 1.807) is 28.9 Å². The van der Waals surface area contributed by atoms with Crippen LogP contribution in [0.25, 0.3) is 16.9 Å². The molecule has 0 unspecified atom stereocenters. The summed E-state index contributed by atoms with van der Waals surface area (Å²) in [6.45, 7) is 2.37. The van der Waals surface area contributed by atoms with Crippen LogP contribution in [0.15, 0.2) is 88.4 Å². The van der Waals surface area contributed by atoms with E-state index in [0.29, 0.717) is 24.1 Å². The van der Waals surface area contributed by atoms with Crippen molar-refractivity contribution in [1.82, 2.24) is 14.6 Å². The first-order chi connectivity index (χ1) is 17.7. The zero-order chi connectivity index (χ0) is 26.2. The van der Waals surface area contributed by atoms with Crippen LogP contribution in [0.1, 0.15) is 11.1 Å². The molecule has 188 valence electrons. The fraction of sp³-hybridized carbons (Fsp3) is 0.0769. The van der Waals surface area contributed by atoms with E-state index in [2.05, 4.69) is 31.1 Å². The minimum absolute atomic E-state index is 0.284. The molecular formula is C26H20BrF2N5O2S. The van der Waals surface area contributed by atoms with E-state index in [1.807, 2.05) is 43.3 Å². The third-order valence-corrected chi connectivity index (χ3v) is 7.64. The lowest BCUT2D eigenvalue weighted by Gasteiger charge is -2.13. The molecule has 0 fully saturated rings. The Kier molecular flexibility index (Phi) is 6.65. The van der Waals surface area contributed by atoms with Crippen LogP contribution >= 0.6 is 15.9 Å². The highest BCUT2D eigenvalue weighted by molar-refractivity contribution is 9.10. The number of hydrogen-bond donors (Lipinski definition) is 2. The molecule has 5 aromatic rings. The van der Waals surface area contributed by atoms with E-state index >= 15 is 0 Å². The van der Waals surface area contributed by atoms with E-state index in [9.17, 15) is 17.2 Å². The van der Waals surface area contributed by atoms with Crippen molar-refractivity contribution >= 4 is 43.1 Å². The summed E-state index contributed by atoms with van der Waals surface area (Å²) in [5.41, 5.74) is 4.57. The number of nitrogens with one attached hydrogen (secondary N) is 2. The van der Waals surface area contributed by atoms with Gasteiger partial charge >= 0.3 is 0 Å². The van der Waals surface area contributed by atoms with Crippen LogP contribution < -0.4 is 10.0 Å². The first-order valence-corrected chi connectivity index (χ1v) is 13.4. The number of aryl methyl sites for hydroxylation is 1. The molecule has 5 rings (SSSR count). The molecule has 0 aliphatic carbocycles. The molecule has 0 atom stereocenters. The van der Waals surface area contributed by atoms with Gasteiger partial charge in [0.1, 0.15) is 5.82 Å². The van der Waals surface area contributed by atoms with Crippen molar-refractivity contribution in [2.75, 3.05) is 10.0 Å². The highest BCUT2D eigenvalue weighted by atomic mass is 79.9. The van der Waals surface area contributed by atoms with Gasteiger partial charge in [-0.05, 0) is 64.3 Å². The Hall–Kier alpha value is -3.83. The largest absolute Gasteiger partial charge is 0.366 e. The lowest BCUT2D eigenvalue weighted by molar-refractivity contribution is 0.504. The molecule has 11 heteroatoms. The average Bonchev–Trinajstić information content (AvgIpc) is 3.25. The van der Waals surface area contributed by atoms with E-state index in [0.717, 1.165) is 39.0 Å². The number of fused-ring (bicyclic) bond motifs is 1. The number of sulfonamides is 1. The van der Waals surface area contributed by atoms with Crippen LogP contribution in [0.4, 0.5) is 20.3 Å². The molecule has 2 aromatic heterocycles. The molecule has 0 bridgehead atoms. The molecule has 0 saturated heterocycles. The van der Waals surface area contributed by atoms with Crippen molar-refractivity contribution in [3.8, 4) is 11.3 Å². The molecule has 0 aliphatic rings. The van der Waals surface area contributed by atoms with Gasteiger partial charge in [-0.2, -0.15) is 9.61 Å². The summed E-state index contributed by atoms with van der Waals surface area (Å²) in [5, 5.41) is 7.75. The Bertz CT molecular complexity index is 1740. The van der Waals surface area contributed by atoms with Crippen molar-refractivity contribution in [2.45, 2.75) is 18.4 Å². The van der Waals surface area contributed by atoms with Crippen LogP contribution in [-0.2, 0) is 16.6 Å². The summed E-state index contributed by atoms with van der Waals surface area (Å²) in [5.74, 6) is -1.66. The Morgan fingerprint density at radius 1 is 0.973 bits per heavy atom. The molecule has 0 saturated carbocycles. The number of anilines is 2. The molecule has 0 spiro atoms. The summed E-state index contributed by atoms with van der Waals surface area (Å²) >= 11 is 3.50. The summed E-state index contributed by atoms with van der Waals surface area (Å²) in [7, 11) is -4.11. The lowest BCUT2D eigenvalue weighted by atomic mass is 10.1. The first kappa shape index (κ1) is 24.8. The van der Waals surface area contributed by atoms with Crippen molar-refractivity contribution in [2.24, 2.45) is 0 Å². The maximum atomic E-state index is 13.6. The van der Waals surface area contributed by atoms with Gasteiger partial charge in [-0.15, -0.1) is 0 Å². The van der Waals surface area contributed by atoms with Gasteiger partial charge in [0.05, 0.1) is 21.3 Å². The Balaban J connectivity index is 1.40. The zero-order valence-electron chi connectivity index (χ0n) is 19.4. The Morgan fingerprint density at radius 2 is 1.78 bits per heavy atom. The molecule has 7 nitrogen and oxygen atoms in total. The minimum atomic E-state index is -4.11. The van der Waals surface area contributed by atoms with Crippen LogP contribution in [0.2, 0.25) is 0 Å². The molecule has 2 N–H and O–H groups in total. The molecular weight excluding hydrogens is 564 g/mol. The Labute approximate surface area is 220 Å². The van der Waals surface area contributed by atoms with E-state index in [4.69, 9.17) is 4.98 Å². The van der Waals surface area contributed by atoms with Gasteiger partial charge in [0, 0.05) is 23.9 Å². The van der Waals surface area contributed by atoms with Gasteiger partial charge in [-0.1, -0.05) is 36.4 Å². The van der Waals surface area contributed by atoms with Crippen LogP contribution in [0, 0.1) is 18.6 Å². The van der Waals surface area contributed by atoms with E-state index in [-0.39, 0.29) is 10.6 Å². The maximum absolute atomic E-state index is 13.6. The van der Waals surface area contributed by atoms with Gasteiger partial charge in [0.2, 0.25) is 0 Å². The van der Waals surface area contributed by atoms with E-state index in [1.165, 1.54) is 0 Å². The second-order valence-electron chi connectivity index (χ2n) is 8.30. The number of rotatable bonds is 7. The topological polar surface area (TPSA) is 88.4 Å². The third-order valence-electron chi connectivity index (χ3n) is 5.70. The fourth-order valence-electron chi connectivity index (χ4n) is 3.86. The Morgan fingerprint density at radius 3 is 2.57 bits per heavy atom. The summed E-state index contributed by atoms with van der Waals surface area (Å²) in [6, 6.07) is 19.1. The SMILES string of the molecule is Cc1ccccc1-c1cc(NCc2cccc(NS(=O)(=O)c3ccc(F)c(F)c3)c2)n2ncc(Br)c2n1. The molecule has 0 aliphatic heterocycles. The molecule has 37 heavy (non-hydrogen) atoms. The maximum Gasteiger partial charge on any atom is 0.261 e. The van der Waals surface area contributed by atoms with Gasteiger partial charge in [-0.25, -0.2) is 22.2 Å². The summed E-state index contributed by atoms with van der Waals surface area (Å²) in [6.07, 6.45) is 1.67. The van der Waals surface area contributed by atoms with Crippen molar-refractivity contribution in [3.05, 3.63) is 106 Å². The monoisotopic (exact) mass is 583 g/mol. The van der Waals surface area contributed by atoms with Gasteiger partial charge in [-0.3, -0.25) is 4.72 Å². The summed E-state index contributed by atoms with van der Waals surface area (Å²) < 4.78 is 57.0. The van der Waals surface area contributed by atoms with E-state index < -0.39 is 21.7 Å². The number of halogens is 3. The van der Waals surface area contributed by atoms with Crippen molar-refractivity contribution in [3.63, 3.8) is 0 Å². The zero-order valence-corrected chi connectivity index (χ0v) is 21.8. The van der Waals surface area contributed by atoms with Crippen molar-refractivity contribution in [1.29, 1.82) is 0 Å². The minimum Gasteiger partial charge on any atom is -0.366 e. The number of aromatic nitrogens is 3. The molecule has 0 amide bonds. The quantitative estimate of drug-likeness (QED) is 0.239. The number of hydrogen-bond acceptors (Lipinski definition) is 5. The smallest absolute Gasteiger partial charge is 0.261 e. The van der Waals surface area contributed by atoms with Gasteiger partial charge in [0.25, 0.3) is 10.0 Å².